The fourth-order valence-corrected chi connectivity index (χ4v) is 4.72. The smallest absolute Gasteiger partial charge is 0.421 e. The third kappa shape index (κ3) is 7.41. The number of anilines is 6. The normalized spacial score (nSPS) is 14.3. The molecule has 41 heavy (non-hydrogen) atoms. The van der Waals surface area contributed by atoms with Crippen LogP contribution in [0.5, 0.6) is 5.75 Å². The van der Waals surface area contributed by atoms with Gasteiger partial charge in [0.25, 0.3) is 10.2 Å². The zero-order valence-corrected chi connectivity index (χ0v) is 22.6. The molecule has 1 aromatic heterocycles. The number of carbonyl (C=O) groups excluding carboxylic acids is 1. The molecule has 0 radical (unpaired) electrons. The first-order chi connectivity index (χ1) is 19.4. The third-order valence-electron chi connectivity index (χ3n) is 6.07. The molecule has 3 aromatic rings. The van der Waals surface area contributed by atoms with E-state index < -0.39 is 33.7 Å². The number of rotatable bonds is 9. The molecule has 0 saturated carbocycles. The summed E-state index contributed by atoms with van der Waals surface area (Å²) in [5.74, 6) is -0.757. The lowest BCUT2D eigenvalue weighted by atomic mass is 10.2. The minimum atomic E-state index is -4.75. The van der Waals surface area contributed by atoms with Gasteiger partial charge in [0.15, 0.2) is 0 Å². The average Bonchev–Trinajstić information content (AvgIpc) is 2.92. The van der Waals surface area contributed by atoms with Gasteiger partial charge in [0.2, 0.25) is 11.9 Å². The second-order valence-corrected chi connectivity index (χ2v) is 10.3. The van der Waals surface area contributed by atoms with Gasteiger partial charge < -0.3 is 25.6 Å². The van der Waals surface area contributed by atoms with Crippen molar-refractivity contribution in [3.8, 4) is 5.75 Å². The molecule has 0 unspecified atom stereocenters. The van der Waals surface area contributed by atoms with Crippen molar-refractivity contribution >= 4 is 50.6 Å². The summed E-state index contributed by atoms with van der Waals surface area (Å²) in [5.41, 5.74) is 0.632. The van der Waals surface area contributed by atoms with Crippen LogP contribution in [-0.2, 0) is 21.2 Å². The Morgan fingerprint density at radius 2 is 1.80 bits per heavy atom. The van der Waals surface area contributed by atoms with Gasteiger partial charge in [-0.3, -0.25) is 4.79 Å². The SMILES string of the molecule is C=CC(=O)Nc1cccc(Nc2nc(Nc3ccc(N4CCN(S(N)(=O)=O)CC4)cc3OC)ncc2C(F)(F)F)c1. The molecule has 2 aromatic carbocycles. The first kappa shape index (κ1) is 29.6. The second-order valence-electron chi connectivity index (χ2n) is 8.79. The van der Waals surface area contributed by atoms with Crippen LogP contribution in [0.1, 0.15) is 5.56 Å². The largest absolute Gasteiger partial charge is 0.494 e. The third-order valence-corrected chi connectivity index (χ3v) is 7.15. The number of methoxy groups -OCH3 is 1. The highest BCUT2D eigenvalue weighted by Crippen LogP contribution is 2.37. The van der Waals surface area contributed by atoms with Crippen LogP contribution in [0.25, 0.3) is 0 Å². The number of halogens is 3. The molecule has 1 aliphatic heterocycles. The Hall–Kier alpha value is -4.41. The van der Waals surface area contributed by atoms with Crippen LogP contribution in [0, 0.1) is 0 Å². The Morgan fingerprint density at radius 3 is 2.44 bits per heavy atom. The van der Waals surface area contributed by atoms with Gasteiger partial charge in [-0.05, 0) is 36.4 Å². The first-order valence-electron chi connectivity index (χ1n) is 12.1. The van der Waals surface area contributed by atoms with E-state index in [9.17, 15) is 26.4 Å². The molecule has 0 bridgehead atoms. The van der Waals surface area contributed by atoms with Gasteiger partial charge in [-0.2, -0.15) is 30.9 Å². The minimum absolute atomic E-state index is 0.135. The predicted octanol–water partition coefficient (Wildman–Crippen LogP) is 3.44. The van der Waals surface area contributed by atoms with Gasteiger partial charge in [0, 0.05) is 55.5 Å². The minimum Gasteiger partial charge on any atom is -0.494 e. The maximum Gasteiger partial charge on any atom is 0.421 e. The van der Waals surface area contributed by atoms with E-state index in [0.29, 0.717) is 36.4 Å². The zero-order chi connectivity index (χ0) is 29.8. The number of alkyl halides is 3. The van der Waals surface area contributed by atoms with Crippen LogP contribution in [0.4, 0.5) is 47.7 Å². The summed E-state index contributed by atoms with van der Waals surface area (Å²) in [4.78, 5) is 21.5. The predicted molar refractivity (Wildman–Crippen MR) is 149 cm³/mol. The van der Waals surface area contributed by atoms with Crippen LogP contribution >= 0.6 is 0 Å². The Kier molecular flexibility index (Phi) is 8.65. The molecule has 1 fully saturated rings. The van der Waals surface area contributed by atoms with Crippen molar-refractivity contribution in [1.82, 2.24) is 14.3 Å². The summed E-state index contributed by atoms with van der Waals surface area (Å²) in [7, 11) is -2.34. The molecule has 4 rings (SSSR count). The van der Waals surface area contributed by atoms with Gasteiger partial charge >= 0.3 is 6.18 Å². The Morgan fingerprint density at radius 1 is 1.10 bits per heavy atom. The number of nitrogens with two attached hydrogens (primary N) is 1. The van der Waals surface area contributed by atoms with Gasteiger partial charge in [0.1, 0.15) is 17.1 Å². The fourth-order valence-electron chi connectivity index (χ4n) is 4.05. The van der Waals surface area contributed by atoms with Gasteiger partial charge in [-0.25, -0.2) is 10.1 Å². The molecule has 16 heteroatoms. The molecule has 1 aliphatic rings. The second kappa shape index (κ2) is 12.0. The highest BCUT2D eigenvalue weighted by molar-refractivity contribution is 7.86. The van der Waals surface area contributed by atoms with Crippen LogP contribution in [0.2, 0.25) is 0 Å². The van der Waals surface area contributed by atoms with Gasteiger partial charge in [0.05, 0.1) is 12.8 Å². The van der Waals surface area contributed by atoms with E-state index in [1.54, 1.807) is 30.3 Å². The van der Waals surface area contributed by atoms with Crippen molar-refractivity contribution in [2.75, 3.05) is 54.1 Å². The highest BCUT2D eigenvalue weighted by Gasteiger charge is 2.35. The average molecular weight is 593 g/mol. The van der Waals surface area contributed by atoms with Crippen molar-refractivity contribution < 1.29 is 31.1 Å². The monoisotopic (exact) mass is 592 g/mol. The lowest BCUT2D eigenvalue weighted by molar-refractivity contribution is -0.137. The van der Waals surface area contributed by atoms with E-state index in [1.807, 2.05) is 4.90 Å². The number of piperazine rings is 1. The number of ether oxygens (including phenoxy) is 1. The van der Waals surface area contributed by atoms with E-state index in [1.165, 1.54) is 23.5 Å². The Bertz CT molecular complexity index is 1540. The maximum atomic E-state index is 13.8. The number of nitrogens with one attached hydrogen (secondary N) is 3. The summed E-state index contributed by atoms with van der Waals surface area (Å²) >= 11 is 0. The van der Waals surface area contributed by atoms with E-state index >= 15 is 0 Å². The quantitative estimate of drug-likeness (QED) is 0.274. The number of hydrogen-bond donors (Lipinski definition) is 4. The molecular formula is C25H27F3N8O4S. The zero-order valence-electron chi connectivity index (χ0n) is 21.8. The molecule has 0 spiro atoms. The summed E-state index contributed by atoms with van der Waals surface area (Å²) in [6, 6.07) is 11.2. The Balaban J connectivity index is 1.57. The van der Waals surface area contributed by atoms with Crippen molar-refractivity contribution in [3.63, 3.8) is 0 Å². The maximum absolute atomic E-state index is 13.8. The van der Waals surface area contributed by atoms with Crippen LogP contribution in [0.3, 0.4) is 0 Å². The summed E-state index contributed by atoms with van der Waals surface area (Å²) in [6.45, 7) is 4.62. The molecule has 1 saturated heterocycles. The standard InChI is InChI=1S/C25H27F3N8O4S/c1-3-22(37)31-16-5-4-6-17(13-16)32-23-19(25(26,27)28)15-30-24(34-23)33-20-8-7-18(14-21(20)40-2)35-9-11-36(12-10-35)41(29,38)39/h3-8,13-15H,1,9-12H2,2H3,(H,31,37)(H2,29,38,39)(H2,30,32,33,34). The van der Waals surface area contributed by atoms with E-state index in [4.69, 9.17) is 9.88 Å². The molecule has 0 aliphatic carbocycles. The topological polar surface area (TPSA) is 155 Å². The van der Waals surface area contributed by atoms with Crippen LogP contribution < -0.4 is 30.7 Å². The van der Waals surface area contributed by atoms with Crippen LogP contribution in [-0.4, -0.2) is 61.9 Å². The van der Waals surface area contributed by atoms with Crippen LogP contribution in [0.15, 0.2) is 61.3 Å². The number of benzene rings is 2. The number of carbonyl (C=O) groups is 1. The molecular weight excluding hydrogens is 565 g/mol. The van der Waals surface area contributed by atoms with Crippen molar-refractivity contribution in [2.24, 2.45) is 5.14 Å². The number of nitrogens with zero attached hydrogens (tertiary/aromatic N) is 4. The summed E-state index contributed by atoms with van der Waals surface area (Å²) in [6.07, 6.45) is -3.02. The fraction of sp³-hybridized carbons (Fsp3) is 0.240. The van der Waals surface area contributed by atoms with Gasteiger partial charge in [-0.1, -0.05) is 12.6 Å². The Labute approximate surface area is 234 Å². The summed E-state index contributed by atoms with van der Waals surface area (Å²) in [5, 5.41) is 13.3. The van der Waals surface area contributed by atoms with Gasteiger partial charge in [-0.15, -0.1) is 0 Å². The van der Waals surface area contributed by atoms with Crippen molar-refractivity contribution in [2.45, 2.75) is 6.18 Å². The first-order valence-corrected chi connectivity index (χ1v) is 13.6. The molecule has 218 valence electrons. The highest BCUT2D eigenvalue weighted by atomic mass is 32.2. The van der Waals surface area contributed by atoms with E-state index in [-0.39, 0.29) is 24.7 Å². The number of aromatic nitrogens is 2. The number of hydrogen-bond acceptors (Lipinski definition) is 9. The molecule has 1 amide bonds. The van der Waals surface area contributed by atoms with E-state index in [0.717, 1.165) is 11.8 Å². The van der Waals surface area contributed by atoms with E-state index in [2.05, 4.69) is 32.5 Å². The summed E-state index contributed by atoms with van der Waals surface area (Å²) < 4.78 is 71.1. The lowest BCUT2D eigenvalue weighted by Gasteiger charge is -2.34. The number of amides is 1. The van der Waals surface area contributed by atoms with Crippen molar-refractivity contribution in [3.05, 3.63) is 66.9 Å². The van der Waals surface area contributed by atoms with Crippen molar-refractivity contribution in [1.29, 1.82) is 0 Å². The molecule has 5 N–H and O–H groups in total. The molecule has 0 atom stereocenters. The molecule has 2 heterocycles. The lowest BCUT2D eigenvalue weighted by Crippen LogP contribution is -2.50. The molecule has 12 nitrogen and oxygen atoms in total.